The van der Waals surface area contributed by atoms with E-state index >= 15 is 0 Å². The molecule has 1 amide bonds. The average Bonchev–Trinajstić information content (AvgIpc) is 3.47. The molecule has 0 spiro atoms. The lowest BCUT2D eigenvalue weighted by molar-refractivity contribution is -0.163. The number of hydrogen-bond donors (Lipinski definition) is 3. The van der Waals surface area contributed by atoms with Gasteiger partial charge in [0.05, 0.1) is 24.0 Å². The van der Waals surface area contributed by atoms with E-state index in [9.17, 15) is 9.90 Å². The number of anilines is 1. The van der Waals surface area contributed by atoms with Gasteiger partial charge in [-0.2, -0.15) is 5.26 Å². The molecule has 0 radical (unpaired) electrons. The Bertz CT molecular complexity index is 1220. The van der Waals surface area contributed by atoms with Gasteiger partial charge in [-0.05, 0) is 86.0 Å². The van der Waals surface area contributed by atoms with E-state index in [-0.39, 0.29) is 35.0 Å². The summed E-state index contributed by atoms with van der Waals surface area (Å²) in [5.41, 5.74) is 4.20. The number of aromatic nitrogens is 2. The van der Waals surface area contributed by atoms with Crippen LogP contribution in [-0.2, 0) is 4.74 Å². The van der Waals surface area contributed by atoms with E-state index in [1.807, 2.05) is 12.1 Å². The highest BCUT2D eigenvalue weighted by molar-refractivity contribution is 6.03. The number of imidazole rings is 1. The van der Waals surface area contributed by atoms with Crippen LogP contribution in [0.4, 0.5) is 5.69 Å². The summed E-state index contributed by atoms with van der Waals surface area (Å²) in [4.78, 5) is 19.8. The van der Waals surface area contributed by atoms with Crippen LogP contribution < -0.4 is 5.32 Å². The Morgan fingerprint density at radius 3 is 2.72 bits per heavy atom. The van der Waals surface area contributed by atoms with Crippen molar-refractivity contribution in [1.29, 1.82) is 5.26 Å². The zero-order chi connectivity index (χ0) is 25.6. The highest BCUT2D eigenvalue weighted by Crippen LogP contribution is 2.54. The van der Waals surface area contributed by atoms with Crippen LogP contribution in [0.2, 0.25) is 0 Å². The molecule has 3 atom stereocenters. The summed E-state index contributed by atoms with van der Waals surface area (Å²) < 4.78 is 6.48. The van der Waals surface area contributed by atoms with Gasteiger partial charge in [-0.3, -0.25) is 4.79 Å². The Morgan fingerprint density at radius 2 is 2.06 bits per heavy atom. The van der Waals surface area contributed by atoms with Crippen LogP contribution in [0, 0.1) is 16.7 Å². The fraction of sp³-hybridized carbons (Fsp3) is 0.552. The van der Waals surface area contributed by atoms with E-state index in [0.29, 0.717) is 5.92 Å². The second kappa shape index (κ2) is 9.17. The predicted octanol–water partition coefficient (Wildman–Crippen LogP) is 5.69. The summed E-state index contributed by atoms with van der Waals surface area (Å²) in [6.07, 6.45) is 11.3. The van der Waals surface area contributed by atoms with Gasteiger partial charge in [0.2, 0.25) is 0 Å². The molecule has 2 bridgehead atoms. The topological polar surface area (TPSA) is 111 Å². The Hall–Kier alpha value is -2.95. The molecule has 7 heteroatoms. The van der Waals surface area contributed by atoms with Gasteiger partial charge in [-0.1, -0.05) is 32.9 Å². The number of hydrogen-bond acceptors (Lipinski definition) is 5. The van der Waals surface area contributed by atoms with Crippen LogP contribution in [0.1, 0.15) is 105 Å². The van der Waals surface area contributed by atoms with Crippen molar-refractivity contribution in [2.45, 2.75) is 89.3 Å². The number of carbonyl (C=O) groups excluding carboxylic acids is 1. The van der Waals surface area contributed by atoms with Crippen molar-refractivity contribution >= 4 is 17.2 Å². The van der Waals surface area contributed by atoms with Crippen molar-refractivity contribution in [3.05, 3.63) is 53.1 Å². The first-order valence-corrected chi connectivity index (χ1v) is 13.1. The number of aliphatic hydroxyl groups is 1. The van der Waals surface area contributed by atoms with Crippen molar-refractivity contribution in [1.82, 2.24) is 9.97 Å². The van der Waals surface area contributed by atoms with Crippen molar-refractivity contribution in [3.63, 3.8) is 0 Å². The maximum atomic E-state index is 12.9. The molecule has 36 heavy (non-hydrogen) atoms. The quantitative estimate of drug-likeness (QED) is 0.483. The van der Waals surface area contributed by atoms with Crippen LogP contribution in [0.15, 0.2) is 30.5 Å². The number of aliphatic hydroxyl groups excluding tert-OH is 1. The number of rotatable bonds is 6. The van der Waals surface area contributed by atoms with Gasteiger partial charge in [0.15, 0.2) is 5.82 Å². The largest absolute Gasteiger partial charge is 0.393 e. The average molecular weight is 489 g/mol. The third-order valence-electron chi connectivity index (χ3n) is 8.63. The number of nitrogens with zero attached hydrogens (tertiary/aromatic N) is 2. The minimum absolute atomic E-state index is 0.0559. The Balaban J connectivity index is 1.49. The van der Waals surface area contributed by atoms with Gasteiger partial charge < -0.3 is 20.1 Å². The molecule has 3 heterocycles. The molecule has 5 rings (SSSR count). The number of amides is 1. The van der Waals surface area contributed by atoms with Gasteiger partial charge >= 0.3 is 0 Å². The molecule has 0 saturated carbocycles. The zero-order valence-corrected chi connectivity index (χ0v) is 21.5. The van der Waals surface area contributed by atoms with E-state index in [0.717, 1.165) is 62.6 Å². The van der Waals surface area contributed by atoms with Gasteiger partial charge in [-0.25, -0.2) is 4.98 Å². The smallest absolute Gasteiger partial charge is 0.291 e. The van der Waals surface area contributed by atoms with Gasteiger partial charge in [0.25, 0.3) is 5.91 Å². The molecule has 1 aliphatic carbocycles. The third-order valence-corrected chi connectivity index (χ3v) is 8.63. The highest BCUT2D eigenvalue weighted by atomic mass is 16.5. The van der Waals surface area contributed by atoms with Crippen LogP contribution in [0.5, 0.6) is 0 Å². The number of carbonyl (C=O) groups is 1. The van der Waals surface area contributed by atoms with Gasteiger partial charge in [0.1, 0.15) is 11.8 Å². The van der Waals surface area contributed by atoms with E-state index in [1.165, 1.54) is 17.3 Å². The summed E-state index contributed by atoms with van der Waals surface area (Å²) in [6.45, 7) is 6.82. The number of ether oxygens (including phenoxy) is 1. The highest BCUT2D eigenvalue weighted by Gasteiger charge is 2.54. The van der Waals surface area contributed by atoms with Crippen molar-refractivity contribution < 1.29 is 14.6 Å². The molecular formula is C29H36N4O3. The van der Waals surface area contributed by atoms with Gasteiger partial charge in [-0.15, -0.1) is 0 Å². The second-order valence-corrected chi connectivity index (χ2v) is 11.7. The molecular weight excluding hydrogens is 452 g/mol. The summed E-state index contributed by atoms with van der Waals surface area (Å²) in [5, 5.41) is 22.3. The van der Waals surface area contributed by atoms with E-state index in [1.54, 1.807) is 0 Å². The third kappa shape index (κ3) is 4.60. The van der Waals surface area contributed by atoms with Crippen LogP contribution in [0.25, 0.3) is 5.57 Å². The molecule has 2 saturated heterocycles. The molecule has 1 aromatic heterocycles. The first-order valence-electron chi connectivity index (χ1n) is 13.1. The zero-order valence-electron chi connectivity index (χ0n) is 21.5. The number of nitriles is 1. The van der Waals surface area contributed by atoms with Crippen molar-refractivity contribution in [2.24, 2.45) is 5.41 Å². The fourth-order valence-electron chi connectivity index (χ4n) is 6.27. The molecule has 7 nitrogen and oxygen atoms in total. The second-order valence-electron chi connectivity index (χ2n) is 11.7. The Kier molecular flexibility index (Phi) is 6.30. The standard InChI is InChI=1S/C29H36N4O3/c1-4-28-11-12-29(18-34,36-28)15-21(14-28)20-5-6-24(33-26(35)25-31-17-22(16-30)32-25)23(13-20)19-7-9-27(2,3)10-8-19/h5-7,13,17,21,34H,4,8-12,14-15,18H2,1-3H3,(H,31,32)(H,33,35)/t21-,28-,29+/m1/s1. The maximum absolute atomic E-state index is 12.9. The van der Waals surface area contributed by atoms with Crippen LogP contribution in [-0.4, -0.2) is 38.8 Å². The number of aromatic amines is 1. The summed E-state index contributed by atoms with van der Waals surface area (Å²) in [7, 11) is 0. The first kappa shape index (κ1) is 24.7. The van der Waals surface area contributed by atoms with Crippen LogP contribution >= 0.6 is 0 Å². The monoisotopic (exact) mass is 488 g/mol. The molecule has 2 fully saturated rings. The number of nitrogens with one attached hydrogen (secondary N) is 2. The van der Waals surface area contributed by atoms with Crippen molar-refractivity contribution in [3.8, 4) is 6.07 Å². The first-order chi connectivity index (χ1) is 17.2. The lowest BCUT2D eigenvalue weighted by atomic mass is 9.75. The SMILES string of the molecule is CC[C@@]12CC[C@@](CO)(C[C@H](c3ccc(NC(=O)c4ncc(C#N)[nH]4)c(C4=CCC(C)(C)CC4)c3)C1)O2. The molecule has 2 aliphatic heterocycles. The lowest BCUT2D eigenvalue weighted by Crippen LogP contribution is -2.45. The molecule has 0 unspecified atom stereocenters. The number of fused-ring (bicyclic) bond motifs is 2. The summed E-state index contributed by atoms with van der Waals surface area (Å²) in [6, 6.07) is 8.32. The summed E-state index contributed by atoms with van der Waals surface area (Å²) in [5.74, 6) is 0.0485. The predicted molar refractivity (Wildman–Crippen MR) is 138 cm³/mol. The van der Waals surface area contributed by atoms with Crippen molar-refractivity contribution in [2.75, 3.05) is 11.9 Å². The molecule has 3 aliphatic rings. The lowest BCUT2D eigenvalue weighted by Gasteiger charge is -2.43. The van der Waals surface area contributed by atoms with E-state index in [4.69, 9.17) is 10.00 Å². The Labute approximate surface area is 213 Å². The van der Waals surface area contributed by atoms with Gasteiger partial charge in [0, 0.05) is 11.3 Å². The number of H-pyrrole nitrogens is 1. The van der Waals surface area contributed by atoms with E-state index in [2.05, 4.69) is 54.3 Å². The Morgan fingerprint density at radius 1 is 1.28 bits per heavy atom. The summed E-state index contributed by atoms with van der Waals surface area (Å²) >= 11 is 0. The molecule has 1 aromatic carbocycles. The number of allylic oxidation sites excluding steroid dienone is 2. The van der Waals surface area contributed by atoms with Crippen LogP contribution in [0.3, 0.4) is 0 Å². The molecule has 190 valence electrons. The number of benzene rings is 1. The van der Waals surface area contributed by atoms with E-state index < -0.39 is 5.60 Å². The minimum atomic E-state index is -0.447. The minimum Gasteiger partial charge on any atom is -0.393 e. The molecule has 2 aromatic rings. The molecule has 3 N–H and O–H groups in total. The normalized spacial score (nSPS) is 28.9. The fourth-order valence-corrected chi connectivity index (χ4v) is 6.27. The maximum Gasteiger partial charge on any atom is 0.291 e.